The Morgan fingerprint density at radius 3 is 2.58 bits per heavy atom. The minimum Gasteiger partial charge on any atom is -0.497 e. The highest BCUT2D eigenvalue weighted by molar-refractivity contribution is 5.84. The molecule has 0 spiro atoms. The maximum absolute atomic E-state index is 13.1. The molecule has 2 heterocycles. The number of hydrogen-bond donors (Lipinski definition) is 2. The Labute approximate surface area is 212 Å². The third kappa shape index (κ3) is 5.45. The number of amides is 1. The standard InChI is InChI=1S/C30H33N3O3/c1-21-18-33(19-29(36-21)23-8-4-3-5-9-23)20-30(34)32-16-26(22-12-14-24(35-2)15-13-22)27-17-31-28-11-7-6-10-25(27)28/h3-15,17,21,26,29,31H,16,18-20H2,1-2H3,(H,32,34). The van der Waals surface area contributed by atoms with Crippen LogP contribution in [0, 0.1) is 0 Å². The van der Waals surface area contributed by atoms with Gasteiger partial charge in [-0.05, 0) is 41.8 Å². The fourth-order valence-electron chi connectivity index (χ4n) is 5.12. The molecule has 0 radical (unpaired) electrons. The number of morpholine rings is 1. The van der Waals surface area contributed by atoms with Crippen molar-refractivity contribution in [2.75, 3.05) is 33.3 Å². The Kier molecular flexibility index (Phi) is 7.35. The van der Waals surface area contributed by atoms with Crippen LogP contribution in [0.4, 0.5) is 0 Å². The summed E-state index contributed by atoms with van der Waals surface area (Å²) >= 11 is 0. The summed E-state index contributed by atoms with van der Waals surface area (Å²) in [4.78, 5) is 18.7. The van der Waals surface area contributed by atoms with E-state index in [0.29, 0.717) is 19.6 Å². The number of para-hydroxylation sites is 1. The number of rotatable bonds is 8. The number of hydrogen-bond acceptors (Lipinski definition) is 4. The van der Waals surface area contributed by atoms with E-state index in [9.17, 15) is 4.79 Å². The van der Waals surface area contributed by atoms with Crippen LogP contribution in [0.3, 0.4) is 0 Å². The van der Waals surface area contributed by atoms with Crippen LogP contribution in [0.25, 0.3) is 10.9 Å². The van der Waals surface area contributed by atoms with Crippen molar-refractivity contribution < 1.29 is 14.3 Å². The predicted octanol–water partition coefficient (Wildman–Crippen LogP) is 4.89. The highest BCUT2D eigenvalue weighted by atomic mass is 16.5. The smallest absolute Gasteiger partial charge is 0.234 e. The summed E-state index contributed by atoms with van der Waals surface area (Å²) < 4.78 is 11.5. The van der Waals surface area contributed by atoms with Crippen molar-refractivity contribution in [2.45, 2.75) is 25.0 Å². The van der Waals surface area contributed by atoms with Crippen molar-refractivity contribution in [2.24, 2.45) is 0 Å². The van der Waals surface area contributed by atoms with Crippen LogP contribution in [0.5, 0.6) is 5.75 Å². The number of nitrogens with zero attached hydrogens (tertiary/aromatic N) is 1. The lowest BCUT2D eigenvalue weighted by Crippen LogP contribution is -2.47. The SMILES string of the molecule is COc1ccc(C(CNC(=O)CN2CC(C)OC(c3ccccc3)C2)c2c[nH]c3ccccc23)cc1. The second-order valence-corrected chi connectivity index (χ2v) is 9.46. The Hall–Kier alpha value is -3.61. The fourth-order valence-corrected chi connectivity index (χ4v) is 5.12. The summed E-state index contributed by atoms with van der Waals surface area (Å²) in [6.45, 7) is 4.36. The molecule has 0 bridgehead atoms. The molecule has 1 aliphatic heterocycles. The Morgan fingerprint density at radius 1 is 1.06 bits per heavy atom. The van der Waals surface area contributed by atoms with Crippen LogP contribution in [-0.4, -0.2) is 55.2 Å². The molecule has 6 nitrogen and oxygen atoms in total. The van der Waals surface area contributed by atoms with E-state index in [0.717, 1.165) is 28.9 Å². The predicted molar refractivity (Wildman–Crippen MR) is 142 cm³/mol. The summed E-state index contributed by atoms with van der Waals surface area (Å²) in [7, 11) is 1.67. The van der Waals surface area contributed by atoms with Gasteiger partial charge in [0.15, 0.2) is 0 Å². The van der Waals surface area contributed by atoms with Crippen molar-refractivity contribution in [3.05, 3.63) is 102 Å². The van der Waals surface area contributed by atoms with Crippen LogP contribution < -0.4 is 10.1 Å². The van der Waals surface area contributed by atoms with E-state index in [1.54, 1.807) is 7.11 Å². The van der Waals surface area contributed by atoms with Gasteiger partial charge in [-0.25, -0.2) is 0 Å². The molecule has 1 aromatic heterocycles. The van der Waals surface area contributed by atoms with Gasteiger partial charge in [-0.1, -0.05) is 60.7 Å². The van der Waals surface area contributed by atoms with E-state index in [4.69, 9.17) is 9.47 Å². The first kappa shape index (κ1) is 24.1. The van der Waals surface area contributed by atoms with Crippen molar-refractivity contribution in [3.8, 4) is 5.75 Å². The zero-order valence-electron chi connectivity index (χ0n) is 20.8. The summed E-state index contributed by atoms with van der Waals surface area (Å²) in [5, 5.41) is 4.38. The Balaban J connectivity index is 1.29. The first-order valence-electron chi connectivity index (χ1n) is 12.5. The molecule has 1 saturated heterocycles. The van der Waals surface area contributed by atoms with Crippen molar-refractivity contribution in [1.29, 1.82) is 0 Å². The molecule has 186 valence electrons. The molecule has 1 amide bonds. The van der Waals surface area contributed by atoms with Gasteiger partial charge >= 0.3 is 0 Å². The summed E-state index contributed by atoms with van der Waals surface area (Å²) in [5.74, 6) is 0.848. The Morgan fingerprint density at radius 2 is 1.81 bits per heavy atom. The first-order chi connectivity index (χ1) is 17.6. The lowest BCUT2D eigenvalue weighted by molar-refractivity contribution is -0.126. The van der Waals surface area contributed by atoms with Gasteiger partial charge in [-0.3, -0.25) is 9.69 Å². The minimum absolute atomic E-state index is 0.0108. The molecule has 3 unspecified atom stereocenters. The van der Waals surface area contributed by atoms with E-state index < -0.39 is 0 Å². The van der Waals surface area contributed by atoms with Crippen LogP contribution in [0.1, 0.15) is 35.6 Å². The second-order valence-electron chi connectivity index (χ2n) is 9.46. The maximum Gasteiger partial charge on any atom is 0.234 e. The van der Waals surface area contributed by atoms with E-state index in [1.165, 1.54) is 10.9 Å². The fraction of sp³-hybridized carbons (Fsp3) is 0.300. The van der Waals surface area contributed by atoms with Gasteiger partial charge in [0.2, 0.25) is 5.91 Å². The number of benzene rings is 3. The van der Waals surface area contributed by atoms with Crippen LogP contribution >= 0.6 is 0 Å². The van der Waals surface area contributed by atoms with Gasteiger partial charge in [0.05, 0.1) is 25.9 Å². The molecular formula is C30H33N3O3. The second kappa shape index (κ2) is 11.0. The number of fused-ring (bicyclic) bond motifs is 1. The lowest BCUT2D eigenvalue weighted by Gasteiger charge is -2.36. The third-order valence-electron chi connectivity index (χ3n) is 6.89. The molecule has 1 aliphatic rings. The highest BCUT2D eigenvalue weighted by Crippen LogP contribution is 2.31. The van der Waals surface area contributed by atoms with Crippen LogP contribution in [0.15, 0.2) is 85.1 Å². The number of aromatic nitrogens is 1. The van der Waals surface area contributed by atoms with Crippen LogP contribution in [0.2, 0.25) is 0 Å². The molecule has 36 heavy (non-hydrogen) atoms. The molecule has 0 saturated carbocycles. The molecule has 6 heteroatoms. The van der Waals surface area contributed by atoms with Crippen molar-refractivity contribution >= 4 is 16.8 Å². The molecule has 3 atom stereocenters. The molecule has 2 N–H and O–H groups in total. The van der Waals surface area contributed by atoms with Crippen molar-refractivity contribution in [3.63, 3.8) is 0 Å². The third-order valence-corrected chi connectivity index (χ3v) is 6.89. The number of carbonyl (C=O) groups is 1. The number of nitrogens with one attached hydrogen (secondary N) is 2. The lowest BCUT2D eigenvalue weighted by atomic mass is 9.90. The number of aromatic amines is 1. The first-order valence-corrected chi connectivity index (χ1v) is 12.5. The summed E-state index contributed by atoms with van der Waals surface area (Å²) in [5.41, 5.74) is 4.53. The van der Waals surface area contributed by atoms with Gasteiger partial charge < -0.3 is 19.8 Å². The molecule has 0 aliphatic carbocycles. The van der Waals surface area contributed by atoms with E-state index >= 15 is 0 Å². The van der Waals surface area contributed by atoms with Gasteiger partial charge in [-0.2, -0.15) is 0 Å². The molecule has 3 aromatic carbocycles. The maximum atomic E-state index is 13.1. The molecule has 4 aromatic rings. The van der Waals surface area contributed by atoms with E-state index in [1.807, 2.05) is 42.5 Å². The number of ether oxygens (including phenoxy) is 2. The molecular weight excluding hydrogens is 450 g/mol. The monoisotopic (exact) mass is 483 g/mol. The topological polar surface area (TPSA) is 66.6 Å². The van der Waals surface area contributed by atoms with E-state index in [2.05, 4.69) is 64.7 Å². The quantitative estimate of drug-likeness (QED) is 0.375. The minimum atomic E-state index is -0.0268. The molecule has 1 fully saturated rings. The summed E-state index contributed by atoms with van der Waals surface area (Å²) in [6.07, 6.45) is 2.09. The number of methoxy groups -OCH3 is 1. The van der Waals surface area contributed by atoms with Crippen LogP contribution in [-0.2, 0) is 9.53 Å². The Bertz CT molecular complexity index is 1290. The average Bonchev–Trinajstić information content (AvgIpc) is 3.33. The van der Waals surface area contributed by atoms with Gasteiger partial charge in [0.25, 0.3) is 0 Å². The van der Waals surface area contributed by atoms with Gasteiger partial charge in [0, 0.05) is 42.7 Å². The summed E-state index contributed by atoms with van der Waals surface area (Å²) in [6, 6.07) is 26.6. The van der Waals surface area contributed by atoms with Crippen molar-refractivity contribution in [1.82, 2.24) is 15.2 Å². The zero-order chi connectivity index (χ0) is 24.9. The largest absolute Gasteiger partial charge is 0.497 e. The van der Waals surface area contributed by atoms with E-state index in [-0.39, 0.29) is 24.0 Å². The average molecular weight is 484 g/mol. The zero-order valence-corrected chi connectivity index (χ0v) is 20.8. The normalized spacial score (nSPS) is 19.2. The van der Waals surface area contributed by atoms with Gasteiger partial charge in [0.1, 0.15) is 5.75 Å². The number of H-pyrrole nitrogens is 1. The molecule has 5 rings (SSSR count). The highest BCUT2D eigenvalue weighted by Gasteiger charge is 2.28. The van der Waals surface area contributed by atoms with Gasteiger partial charge in [-0.15, -0.1) is 0 Å². The number of carbonyl (C=O) groups excluding carboxylic acids is 1.